The minimum atomic E-state index is -1.82. The number of hydrogen-bond donors (Lipinski definition) is 2. The minimum absolute atomic E-state index is 0.153. The van der Waals surface area contributed by atoms with Crippen LogP contribution in [0.5, 0.6) is 0 Å². The normalized spacial score (nSPS) is 25.0. The Labute approximate surface area is 122 Å². The zero-order chi connectivity index (χ0) is 15.8. The molecule has 2 aliphatic heterocycles. The van der Waals surface area contributed by atoms with Crippen LogP contribution in [-0.2, 0) is 15.0 Å². The van der Waals surface area contributed by atoms with E-state index >= 15 is 0 Å². The van der Waals surface area contributed by atoms with Gasteiger partial charge in [-0.25, -0.2) is 9.59 Å². The Balaban J connectivity index is 0.000000232. The maximum Gasteiger partial charge on any atom is 0.414 e. The van der Waals surface area contributed by atoms with Gasteiger partial charge in [0, 0.05) is 19.8 Å². The summed E-state index contributed by atoms with van der Waals surface area (Å²) in [7, 11) is 4.33. The highest BCUT2D eigenvalue weighted by molar-refractivity contribution is 6.27. The SMILES string of the molecule is CN1C=CC2(C)c3ccccc3N(C)C12.O=C(O)C(=O)O. The lowest BCUT2D eigenvalue weighted by Gasteiger charge is -2.33. The maximum atomic E-state index is 9.10. The Morgan fingerprint density at radius 1 is 1.14 bits per heavy atom. The Bertz CT molecular complexity index is 601. The zero-order valence-corrected chi connectivity index (χ0v) is 12.1. The van der Waals surface area contributed by atoms with Crippen molar-refractivity contribution in [1.82, 2.24) is 4.90 Å². The fourth-order valence-corrected chi connectivity index (χ4v) is 3.14. The summed E-state index contributed by atoms with van der Waals surface area (Å²) in [4.78, 5) is 22.9. The second-order valence-electron chi connectivity index (χ2n) is 5.38. The second-order valence-corrected chi connectivity index (χ2v) is 5.38. The molecular weight excluding hydrogens is 272 g/mol. The first-order valence-electron chi connectivity index (χ1n) is 6.49. The van der Waals surface area contributed by atoms with E-state index in [-0.39, 0.29) is 5.41 Å². The first kappa shape index (κ1) is 14.9. The summed E-state index contributed by atoms with van der Waals surface area (Å²) in [5.41, 5.74) is 2.96. The monoisotopic (exact) mass is 290 g/mol. The van der Waals surface area contributed by atoms with Gasteiger partial charge in [0.05, 0.1) is 5.41 Å². The molecule has 2 aliphatic rings. The van der Waals surface area contributed by atoms with Crippen molar-refractivity contribution >= 4 is 17.6 Å². The molecule has 6 heteroatoms. The number of para-hydroxylation sites is 1. The summed E-state index contributed by atoms with van der Waals surface area (Å²) in [5, 5.41) is 14.8. The van der Waals surface area contributed by atoms with Crippen LogP contribution < -0.4 is 4.90 Å². The molecule has 112 valence electrons. The molecule has 2 unspecified atom stereocenters. The first-order chi connectivity index (χ1) is 9.79. The average Bonchev–Trinajstić information content (AvgIpc) is 2.86. The smallest absolute Gasteiger partial charge is 0.414 e. The van der Waals surface area contributed by atoms with Crippen molar-refractivity contribution in [3.63, 3.8) is 0 Å². The topological polar surface area (TPSA) is 81.1 Å². The Morgan fingerprint density at radius 2 is 1.71 bits per heavy atom. The van der Waals surface area contributed by atoms with Crippen LogP contribution in [0, 0.1) is 0 Å². The molecule has 2 atom stereocenters. The number of carboxylic acid groups (broad SMARTS) is 2. The molecule has 0 saturated carbocycles. The van der Waals surface area contributed by atoms with E-state index in [1.54, 1.807) is 0 Å². The van der Waals surface area contributed by atoms with Crippen LogP contribution in [-0.4, -0.2) is 47.3 Å². The van der Waals surface area contributed by atoms with Crippen LogP contribution in [0.3, 0.4) is 0 Å². The first-order valence-corrected chi connectivity index (χ1v) is 6.49. The molecule has 0 bridgehead atoms. The molecule has 2 heterocycles. The van der Waals surface area contributed by atoms with E-state index in [0.717, 1.165) is 0 Å². The molecule has 1 aromatic carbocycles. The van der Waals surface area contributed by atoms with Crippen LogP contribution in [0.1, 0.15) is 12.5 Å². The molecule has 0 saturated heterocycles. The highest BCUT2D eigenvalue weighted by Crippen LogP contribution is 2.48. The fraction of sp³-hybridized carbons (Fsp3) is 0.333. The summed E-state index contributed by atoms with van der Waals surface area (Å²) in [6.07, 6.45) is 4.95. The van der Waals surface area contributed by atoms with Crippen LogP contribution >= 0.6 is 0 Å². The van der Waals surface area contributed by atoms with E-state index in [1.807, 2.05) is 0 Å². The summed E-state index contributed by atoms with van der Waals surface area (Å²) in [5.74, 6) is -3.65. The number of rotatable bonds is 0. The van der Waals surface area contributed by atoms with E-state index in [1.165, 1.54) is 11.3 Å². The van der Waals surface area contributed by atoms with Crippen molar-refractivity contribution in [2.75, 3.05) is 19.0 Å². The number of fused-ring (bicyclic) bond motifs is 3. The lowest BCUT2D eigenvalue weighted by Crippen LogP contribution is -2.45. The molecule has 0 aliphatic carbocycles. The highest BCUT2D eigenvalue weighted by Gasteiger charge is 2.49. The van der Waals surface area contributed by atoms with Gasteiger partial charge in [-0.15, -0.1) is 0 Å². The molecule has 6 nitrogen and oxygen atoms in total. The largest absolute Gasteiger partial charge is 0.473 e. The molecule has 0 spiro atoms. The van der Waals surface area contributed by atoms with Gasteiger partial charge >= 0.3 is 11.9 Å². The van der Waals surface area contributed by atoms with E-state index in [4.69, 9.17) is 19.8 Å². The number of nitrogens with zero attached hydrogens (tertiary/aromatic N) is 2. The summed E-state index contributed by atoms with van der Waals surface area (Å²) in [6.45, 7) is 2.32. The van der Waals surface area contributed by atoms with Gasteiger partial charge in [-0.05, 0) is 24.8 Å². The number of carboxylic acids is 2. The highest BCUT2D eigenvalue weighted by atomic mass is 16.4. The third-order valence-electron chi connectivity index (χ3n) is 3.99. The van der Waals surface area contributed by atoms with Crippen LogP contribution in [0.15, 0.2) is 36.5 Å². The molecular formula is C15H18N2O4. The second kappa shape index (κ2) is 5.12. The van der Waals surface area contributed by atoms with E-state index in [0.29, 0.717) is 6.17 Å². The number of carbonyl (C=O) groups is 2. The number of likely N-dealkylation sites (N-methyl/N-ethyl adjacent to an activating group) is 2. The number of aliphatic carboxylic acids is 2. The van der Waals surface area contributed by atoms with E-state index in [9.17, 15) is 0 Å². The van der Waals surface area contributed by atoms with Crippen LogP contribution in [0.4, 0.5) is 5.69 Å². The number of benzene rings is 1. The molecule has 0 amide bonds. The number of anilines is 1. The summed E-state index contributed by atoms with van der Waals surface area (Å²) in [6, 6.07) is 8.70. The molecule has 3 rings (SSSR count). The molecule has 2 N–H and O–H groups in total. The van der Waals surface area contributed by atoms with Crippen molar-refractivity contribution in [3.05, 3.63) is 42.1 Å². The van der Waals surface area contributed by atoms with Crippen LogP contribution in [0.25, 0.3) is 0 Å². The molecule has 1 aromatic rings. The number of hydrogen-bond acceptors (Lipinski definition) is 4. The van der Waals surface area contributed by atoms with Crippen molar-refractivity contribution in [1.29, 1.82) is 0 Å². The third-order valence-corrected chi connectivity index (χ3v) is 3.99. The standard InChI is InChI=1S/C13H16N2.C2H2O4/c1-13-8-9-14(2)12(13)15(3)11-7-5-4-6-10(11)13;3-1(4)2(5)6/h4-9,12H,1-3H3;(H,3,4)(H,5,6). The van der Waals surface area contributed by atoms with Crippen molar-refractivity contribution in [3.8, 4) is 0 Å². The van der Waals surface area contributed by atoms with Gasteiger partial charge < -0.3 is 20.0 Å². The van der Waals surface area contributed by atoms with Gasteiger partial charge in [-0.3, -0.25) is 0 Å². The van der Waals surface area contributed by atoms with Gasteiger partial charge in [0.25, 0.3) is 0 Å². The third kappa shape index (κ3) is 2.33. The average molecular weight is 290 g/mol. The Morgan fingerprint density at radius 3 is 2.29 bits per heavy atom. The Kier molecular flexibility index (Phi) is 3.63. The van der Waals surface area contributed by atoms with Crippen molar-refractivity contribution in [2.24, 2.45) is 0 Å². The van der Waals surface area contributed by atoms with Gasteiger partial charge in [-0.1, -0.05) is 24.3 Å². The van der Waals surface area contributed by atoms with E-state index in [2.05, 4.69) is 67.4 Å². The van der Waals surface area contributed by atoms with Gasteiger partial charge in [-0.2, -0.15) is 0 Å². The van der Waals surface area contributed by atoms with Gasteiger partial charge in [0.15, 0.2) is 0 Å². The van der Waals surface area contributed by atoms with E-state index < -0.39 is 11.9 Å². The Hall–Kier alpha value is -2.50. The summed E-state index contributed by atoms with van der Waals surface area (Å²) >= 11 is 0. The fourth-order valence-electron chi connectivity index (χ4n) is 3.14. The minimum Gasteiger partial charge on any atom is -0.473 e. The maximum absolute atomic E-state index is 9.10. The lowest BCUT2D eigenvalue weighted by molar-refractivity contribution is -0.159. The molecule has 0 aromatic heterocycles. The molecule has 21 heavy (non-hydrogen) atoms. The zero-order valence-electron chi connectivity index (χ0n) is 12.1. The predicted octanol–water partition coefficient (Wildman–Crippen LogP) is 1.33. The molecule has 0 fully saturated rings. The lowest BCUT2D eigenvalue weighted by atomic mass is 9.83. The van der Waals surface area contributed by atoms with Crippen molar-refractivity contribution in [2.45, 2.75) is 18.5 Å². The summed E-state index contributed by atoms with van der Waals surface area (Å²) < 4.78 is 0. The quantitative estimate of drug-likeness (QED) is 0.702. The predicted molar refractivity (Wildman–Crippen MR) is 78.2 cm³/mol. The van der Waals surface area contributed by atoms with Crippen LogP contribution in [0.2, 0.25) is 0 Å². The van der Waals surface area contributed by atoms with Gasteiger partial charge in [0.2, 0.25) is 0 Å². The van der Waals surface area contributed by atoms with Gasteiger partial charge in [0.1, 0.15) is 6.17 Å². The van der Waals surface area contributed by atoms with Crippen molar-refractivity contribution < 1.29 is 19.8 Å². The molecule has 0 radical (unpaired) electrons.